The van der Waals surface area contributed by atoms with Gasteiger partial charge in [0.05, 0.1) is 19.4 Å². The Hall–Kier alpha value is -4.33. The van der Waals surface area contributed by atoms with Crippen LogP contribution in [0.25, 0.3) is 0 Å². The van der Waals surface area contributed by atoms with Gasteiger partial charge < -0.3 is 19.5 Å². The topological polar surface area (TPSA) is 98.2 Å². The van der Waals surface area contributed by atoms with Crippen LogP contribution < -0.4 is 25.0 Å². The Morgan fingerprint density at radius 1 is 0.886 bits per heavy atom. The molecule has 0 radical (unpaired) electrons. The summed E-state index contributed by atoms with van der Waals surface area (Å²) in [5, 5.41) is 6.56. The molecular formula is C27H29N3O5. The van der Waals surface area contributed by atoms with Crippen LogP contribution in [0.1, 0.15) is 30.5 Å². The van der Waals surface area contributed by atoms with Crippen LogP contribution >= 0.6 is 0 Å². The Balaban J connectivity index is 1.58. The molecule has 3 aromatic carbocycles. The predicted molar refractivity (Wildman–Crippen MR) is 135 cm³/mol. The van der Waals surface area contributed by atoms with E-state index in [0.717, 1.165) is 5.56 Å². The van der Waals surface area contributed by atoms with Crippen LogP contribution in [0.5, 0.6) is 17.2 Å². The van der Waals surface area contributed by atoms with Gasteiger partial charge in [0.2, 0.25) is 0 Å². The van der Waals surface area contributed by atoms with E-state index in [4.69, 9.17) is 14.2 Å². The maximum absolute atomic E-state index is 12.2. The molecule has 8 heteroatoms. The number of rotatable bonds is 9. The molecule has 0 saturated carbocycles. The van der Waals surface area contributed by atoms with Crippen LogP contribution in [0.3, 0.4) is 0 Å². The molecule has 0 saturated heterocycles. The molecule has 0 bridgehead atoms. The molecule has 0 aliphatic rings. The van der Waals surface area contributed by atoms with E-state index >= 15 is 0 Å². The Bertz CT molecular complexity index is 1190. The van der Waals surface area contributed by atoms with Gasteiger partial charge in [-0.2, -0.15) is 5.10 Å². The maximum atomic E-state index is 12.2. The number of benzene rings is 3. The summed E-state index contributed by atoms with van der Waals surface area (Å²) in [6, 6.07) is 20.2. The van der Waals surface area contributed by atoms with Crippen molar-refractivity contribution in [1.29, 1.82) is 0 Å². The number of methoxy groups -OCH3 is 1. The number of carbonyl (C=O) groups excluding carboxylic acids is 2. The molecule has 0 atom stereocenters. The fraction of sp³-hybridized carbons (Fsp3) is 0.222. The average molecular weight is 476 g/mol. The van der Waals surface area contributed by atoms with E-state index in [2.05, 4.69) is 15.8 Å². The van der Waals surface area contributed by atoms with Crippen molar-refractivity contribution in [2.75, 3.05) is 19.0 Å². The summed E-state index contributed by atoms with van der Waals surface area (Å²) < 4.78 is 16.7. The number of anilines is 1. The van der Waals surface area contributed by atoms with Gasteiger partial charge in [0, 0.05) is 11.3 Å². The average Bonchev–Trinajstić information content (AvgIpc) is 2.87. The molecule has 182 valence electrons. The number of hydrazone groups is 1. The minimum atomic E-state index is -0.886. The van der Waals surface area contributed by atoms with Crippen molar-refractivity contribution in [2.24, 2.45) is 5.10 Å². The van der Waals surface area contributed by atoms with E-state index in [1.807, 2.05) is 38.1 Å². The first-order valence-electron chi connectivity index (χ1n) is 11.1. The predicted octanol–water partition coefficient (Wildman–Crippen LogP) is 4.46. The minimum absolute atomic E-state index is 0.405. The Kier molecular flexibility index (Phi) is 8.83. The zero-order valence-electron chi connectivity index (χ0n) is 20.3. The highest BCUT2D eigenvalue weighted by molar-refractivity contribution is 6.39. The standard InChI is InChI=1S/C27H29N3O5/c1-5-34-23-13-11-22(12-14-23)28-26(31)27(32)30-29-19(3)21-10-15-24(25(16-21)33-4)35-17-20-8-6-18(2)7-9-20/h6-16H,5,17H2,1-4H3,(H,28,31)(H,30,32)/b29-19+. The third-order valence-electron chi connectivity index (χ3n) is 5.05. The first-order chi connectivity index (χ1) is 16.9. The lowest BCUT2D eigenvalue weighted by molar-refractivity contribution is -0.136. The molecule has 0 spiro atoms. The summed E-state index contributed by atoms with van der Waals surface area (Å²) >= 11 is 0. The number of hydrogen-bond donors (Lipinski definition) is 2. The third kappa shape index (κ3) is 7.33. The van der Waals surface area contributed by atoms with Gasteiger partial charge in [-0.05, 0) is 68.8 Å². The van der Waals surface area contributed by atoms with E-state index < -0.39 is 11.8 Å². The van der Waals surface area contributed by atoms with Gasteiger partial charge in [0.15, 0.2) is 11.5 Å². The number of nitrogens with one attached hydrogen (secondary N) is 2. The van der Waals surface area contributed by atoms with Gasteiger partial charge >= 0.3 is 11.8 Å². The van der Waals surface area contributed by atoms with Gasteiger partial charge in [0.1, 0.15) is 12.4 Å². The highest BCUT2D eigenvalue weighted by Crippen LogP contribution is 2.29. The third-order valence-corrected chi connectivity index (χ3v) is 5.05. The summed E-state index contributed by atoms with van der Waals surface area (Å²) in [7, 11) is 1.55. The molecule has 8 nitrogen and oxygen atoms in total. The smallest absolute Gasteiger partial charge is 0.329 e. The van der Waals surface area contributed by atoms with Gasteiger partial charge in [-0.15, -0.1) is 0 Å². The SMILES string of the molecule is CCOc1ccc(NC(=O)C(=O)N/N=C(\C)c2ccc(OCc3ccc(C)cc3)c(OC)c2)cc1. The number of nitrogens with zero attached hydrogens (tertiary/aromatic N) is 1. The zero-order valence-corrected chi connectivity index (χ0v) is 20.3. The van der Waals surface area contributed by atoms with Crippen LogP contribution in [-0.4, -0.2) is 31.2 Å². The van der Waals surface area contributed by atoms with Crippen LogP contribution in [0, 0.1) is 6.92 Å². The second kappa shape index (κ2) is 12.2. The van der Waals surface area contributed by atoms with Crippen LogP contribution in [0.4, 0.5) is 5.69 Å². The van der Waals surface area contributed by atoms with Crippen molar-refractivity contribution in [3.63, 3.8) is 0 Å². The van der Waals surface area contributed by atoms with E-state index in [1.54, 1.807) is 56.5 Å². The lowest BCUT2D eigenvalue weighted by Gasteiger charge is -2.12. The molecule has 3 aromatic rings. The fourth-order valence-corrected chi connectivity index (χ4v) is 3.10. The van der Waals surface area contributed by atoms with Gasteiger partial charge in [-0.25, -0.2) is 5.43 Å². The molecule has 0 aliphatic carbocycles. The van der Waals surface area contributed by atoms with Crippen molar-refractivity contribution in [1.82, 2.24) is 5.43 Å². The van der Waals surface area contributed by atoms with Gasteiger partial charge in [0.25, 0.3) is 0 Å². The minimum Gasteiger partial charge on any atom is -0.494 e. The van der Waals surface area contributed by atoms with Crippen molar-refractivity contribution >= 4 is 23.2 Å². The first kappa shape index (κ1) is 25.3. The molecule has 2 N–H and O–H groups in total. The number of carbonyl (C=O) groups is 2. The normalized spacial score (nSPS) is 10.9. The highest BCUT2D eigenvalue weighted by Gasteiger charge is 2.14. The number of aryl methyl sites for hydroxylation is 1. The summed E-state index contributed by atoms with van der Waals surface area (Å²) in [6.07, 6.45) is 0. The lowest BCUT2D eigenvalue weighted by atomic mass is 10.1. The monoisotopic (exact) mass is 475 g/mol. The molecule has 0 heterocycles. The molecular weight excluding hydrogens is 446 g/mol. The number of amides is 2. The Morgan fingerprint density at radius 2 is 1.60 bits per heavy atom. The van der Waals surface area contributed by atoms with Crippen molar-refractivity contribution < 1.29 is 23.8 Å². The first-order valence-corrected chi connectivity index (χ1v) is 11.1. The van der Waals surface area contributed by atoms with Crippen LogP contribution in [0.15, 0.2) is 71.8 Å². The summed E-state index contributed by atoms with van der Waals surface area (Å²) in [6.45, 7) is 6.58. The largest absolute Gasteiger partial charge is 0.494 e. The highest BCUT2D eigenvalue weighted by atomic mass is 16.5. The van der Waals surface area contributed by atoms with Crippen molar-refractivity contribution in [3.05, 3.63) is 83.4 Å². The van der Waals surface area contributed by atoms with Crippen LogP contribution in [0.2, 0.25) is 0 Å². The molecule has 0 aliphatic heterocycles. The van der Waals surface area contributed by atoms with Crippen LogP contribution in [-0.2, 0) is 16.2 Å². The van der Waals surface area contributed by atoms with E-state index in [0.29, 0.717) is 47.4 Å². The zero-order chi connectivity index (χ0) is 25.2. The molecule has 3 rings (SSSR count). The van der Waals surface area contributed by atoms with Crippen molar-refractivity contribution in [3.8, 4) is 17.2 Å². The summed E-state index contributed by atoms with van der Waals surface area (Å²) in [4.78, 5) is 24.3. The van der Waals surface area contributed by atoms with E-state index in [9.17, 15) is 9.59 Å². The van der Waals surface area contributed by atoms with Crippen molar-refractivity contribution in [2.45, 2.75) is 27.4 Å². The molecule has 0 unspecified atom stereocenters. The second-order valence-corrected chi connectivity index (χ2v) is 7.69. The fourth-order valence-electron chi connectivity index (χ4n) is 3.10. The molecule has 35 heavy (non-hydrogen) atoms. The summed E-state index contributed by atoms with van der Waals surface area (Å²) in [5.41, 5.74) is 6.18. The number of hydrogen-bond acceptors (Lipinski definition) is 6. The maximum Gasteiger partial charge on any atom is 0.329 e. The second-order valence-electron chi connectivity index (χ2n) is 7.69. The number of ether oxygens (including phenoxy) is 3. The van der Waals surface area contributed by atoms with E-state index in [1.165, 1.54) is 5.56 Å². The quantitative estimate of drug-likeness (QED) is 0.271. The Labute approximate surface area is 204 Å². The molecule has 0 fully saturated rings. The van der Waals surface area contributed by atoms with E-state index in [-0.39, 0.29) is 0 Å². The van der Waals surface area contributed by atoms with Gasteiger partial charge in [-0.1, -0.05) is 29.8 Å². The molecule has 0 aromatic heterocycles. The lowest BCUT2D eigenvalue weighted by Crippen LogP contribution is -2.32. The molecule has 2 amide bonds. The Morgan fingerprint density at radius 3 is 2.26 bits per heavy atom. The van der Waals surface area contributed by atoms with Gasteiger partial charge in [-0.3, -0.25) is 9.59 Å². The summed E-state index contributed by atoms with van der Waals surface area (Å²) in [5.74, 6) is 0.0793.